The fraction of sp³-hybridized carbons (Fsp3) is 0.316. The maximum Gasteiger partial charge on any atom is 0.311 e. The SMILES string of the molecule is O=C(O)[C@H]1CN(Cc2ccccc2)CC[C@]1(O)c1ccc(F)c(F)c1. The number of rotatable bonds is 4. The Hall–Kier alpha value is -2.31. The number of hydrogen-bond donors (Lipinski definition) is 2. The molecule has 3 rings (SSSR count). The minimum absolute atomic E-state index is 0.0955. The van der Waals surface area contributed by atoms with Gasteiger partial charge in [-0.1, -0.05) is 36.4 Å². The van der Waals surface area contributed by atoms with Crippen molar-refractivity contribution in [1.29, 1.82) is 0 Å². The minimum Gasteiger partial charge on any atom is -0.481 e. The molecule has 0 unspecified atom stereocenters. The van der Waals surface area contributed by atoms with E-state index in [4.69, 9.17) is 0 Å². The molecular weight excluding hydrogens is 328 g/mol. The zero-order valence-electron chi connectivity index (χ0n) is 13.5. The van der Waals surface area contributed by atoms with Crippen molar-refractivity contribution in [3.8, 4) is 0 Å². The van der Waals surface area contributed by atoms with Crippen molar-refractivity contribution >= 4 is 5.97 Å². The van der Waals surface area contributed by atoms with E-state index in [9.17, 15) is 23.8 Å². The highest BCUT2D eigenvalue weighted by Crippen LogP contribution is 2.38. The van der Waals surface area contributed by atoms with Gasteiger partial charge in [0.15, 0.2) is 11.6 Å². The number of nitrogens with zero attached hydrogens (tertiary/aromatic N) is 1. The fourth-order valence-corrected chi connectivity index (χ4v) is 3.38. The van der Waals surface area contributed by atoms with Crippen LogP contribution in [0.2, 0.25) is 0 Å². The van der Waals surface area contributed by atoms with Crippen molar-refractivity contribution in [1.82, 2.24) is 4.90 Å². The molecule has 0 aliphatic carbocycles. The van der Waals surface area contributed by atoms with Gasteiger partial charge in [0.25, 0.3) is 0 Å². The molecule has 2 aromatic rings. The normalized spacial score (nSPS) is 24.2. The van der Waals surface area contributed by atoms with Gasteiger partial charge in [-0.2, -0.15) is 0 Å². The fourth-order valence-electron chi connectivity index (χ4n) is 3.38. The number of benzene rings is 2. The third-order valence-electron chi connectivity index (χ3n) is 4.79. The van der Waals surface area contributed by atoms with Gasteiger partial charge in [-0.15, -0.1) is 0 Å². The summed E-state index contributed by atoms with van der Waals surface area (Å²) in [6.45, 7) is 1.15. The molecule has 25 heavy (non-hydrogen) atoms. The highest BCUT2D eigenvalue weighted by Gasteiger charge is 2.47. The predicted molar refractivity (Wildman–Crippen MR) is 87.7 cm³/mol. The van der Waals surface area contributed by atoms with Crippen LogP contribution in [0, 0.1) is 17.6 Å². The summed E-state index contributed by atoms with van der Waals surface area (Å²) in [6.07, 6.45) is 0.127. The molecule has 1 heterocycles. The first kappa shape index (κ1) is 17.5. The van der Waals surface area contributed by atoms with Gasteiger partial charge in [0.2, 0.25) is 0 Å². The van der Waals surface area contributed by atoms with Gasteiger partial charge in [0, 0.05) is 19.6 Å². The molecule has 0 aromatic heterocycles. The summed E-state index contributed by atoms with van der Waals surface area (Å²) in [7, 11) is 0. The Morgan fingerprint density at radius 3 is 2.52 bits per heavy atom. The Kier molecular flexibility index (Phi) is 4.83. The minimum atomic E-state index is -1.73. The van der Waals surface area contributed by atoms with Crippen LogP contribution in [0.4, 0.5) is 8.78 Å². The molecule has 0 bridgehead atoms. The maximum absolute atomic E-state index is 13.6. The predicted octanol–water partition coefficient (Wildman–Crippen LogP) is 2.76. The van der Waals surface area contributed by atoms with Crippen LogP contribution in [0.3, 0.4) is 0 Å². The Balaban J connectivity index is 1.84. The number of piperidine rings is 1. The Morgan fingerprint density at radius 1 is 1.16 bits per heavy atom. The highest BCUT2D eigenvalue weighted by atomic mass is 19.2. The average molecular weight is 347 g/mol. The summed E-state index contributed by atoms with van der Waals surface area (Å²) < 4.78 is 26.7. The third kappa shape index (κ3) is 3.55. The van der Waals surface area contributed by atoms with Crippen LogP contribution in [0.5, 0.6) is 0 Å². The van der Waals surface area contributed by atoms with E-state index in [1.165, 1.54) is 6.07 Å². The van der Waals surface area contributed by atoms with E-state index in [1.807, 2.05) is 35.2 Å². The van der Waals surface area contributed by atoms with Crippen molar-refractivity contribution in [2.75, 3.05) is 13.1 Å². The van der Waals surface area contributed by atoms with E-state index in [1.54, 1.807) is 0 Å². The molecule has 0 spiro atoms. The summed E-state index contributed by atoms with van der Waals surface area (Å²) in [5.41, 5.74) is -0.587. The van der Waals surface area contributed by atoms with E-state index in [0.29, 0.717) is 13.1 Å². The first-order valence-electron chi connectivity index (χ1n) is 8.07. The molecule has 1 aliphatic heterocycles. The van der Waals surface area contributed by atoms with Gasteiger partial charge in [-0.25, -0.2) is 8.78 Å². The highest BCUT2D eigenvalue weighted by molar-refractivity contribution is 5.72. The van der Waals surface area contributed by atoms with E-state index in [2.05, 4.69) is 0 Å². The van der Waals surface area contributed by atoms with Crippen LogP contribution < -0.4 is 0 Å². The van der Waals surface area contributed by atoms with Gasteiger partial charge in [0.05, 0.1) is 0 Å². The lowest BCUT2D eigenvalue weighted by molar-refractivity contribution is -0.161. The summed E-state index contributed by atoms with van der Waals surface area (Å²) in [4.78, 5) is 13.7. The number of carboxylic acid groups (broad SMARTS) is 1. The number of aliphatic carboxylic acids is 1. The molecule has 2 aromatic carbocycles. The van der Waals surface area contributed by atoms with Crippen molar-refractivity contribution in [3.63, 3.8) is 0 Å². The lowest BCUT2D eigenvalue weighted by atomic mass is 9.75. The molecular formula is C19H19F2NO3. The summed E-state index contributed by atoms with van der Waals surface area (Å²) in [6, 6.07) is 12.7. The second-order valence-electron chi connectivity index (χ2n) is 6.41. The standard InChI is InChI=1S/C19H19F2NO3/c20-16-7-6-14(10-17(16)21)19(25)8-9-22(12-15(19)18(23)24)11-13-4-2-1-3-5-13/h1-7,10,15,25H,8-9,11-12H2,(H,23,24)/t15-,19+/m1/s1. The molecule has 2 atom stereocenters. The molecule has 1 aliphatic rings. The lowest BCUT2D eigenvalue weighted by Gasteiger charge is -2.43. The molecule has 4 nitrogen and oxygen atoms in total. The zero-order valence-corrected chi connectivity index (χ0v) is 13.5. The molecule has 132 valence electrons. The van der Waals surface area contributed by atoms with Crippen molar-refractivity contribution < 1.29 is 23.8 Å². The zero-order chi connectivity index (χ0) is 18.0. The van der Waals surface area contributed by atoms with E-state index in [0.717, 1.165) is 17.7 Å². The van der Waals surface area contributed by atoms with Crippen molar-refractivity contribution in [3.05, 3.63) is 71.3 Å². The first-order chi connectivity index (χ1) is 11.9. The van der Waals surface area contributed by atoms with E-state index >= 15 is 0 Å². The van der Waals surface area contributed by atoms with E-state index < -0.39 is 29.1 Å². The number of carboxylic acids is 1. The van der Waals surface area contributed by atoms with Crippen LogP contribution in [0.1, 0.15) is 17.5 Å². The van der Waals surface area contributed by atoms with Gasteiger partial charge < -0.3 is 10.2 Å². The number of aliphatic hydroxyl groups is 1. The smallest absolute Gasteiger partial charge is 0.311 e. The molecule has 0 amide bonds. The van der Waals surface area contributed by atoms with Crippen LogP contribution in [0.25, 0.3) is 0 Å². The topological polar surface area (TPSA) is 60.8 Å². The Morgan fingerprint density at radius 2 is 1.88 bits per heavy atom. The van der Waals surface area contributed by atoms with Crippen LogP contribution in [-0.2, 0) is 16.9 Å². The van der Waals surface area contributed by atoms with Crippen LogP contribution in [0.15, 0.2) is 48.5 Å². The monoisotopic (exact) mass is 347 g/mol. The number of likely N-dealkylation sites (tertiary alicyclic amines) is 1. The average Bonchev–Trinajstić information content (AvgIpc) is 2.59. The second kappa shape index (κ2) is 6.90. The van der Waals surface area contributed by atoms with Crippen molar-refractivity contribution in [2.45, 2.75) is 18.6 Å². The largest absolute Gasteiger partial charge is 0.481 e. The third-order valence-corrected chi connectivity index (χ3v) is 4.79. The molecule has 1 saturated heterocycles. The van der Waals surface area contributed by atoms with Crippen LogP contribution in [-0.4, -0.2) is 34.2 Å². The quantitative estimate of drug-likeness (QED) is 0.893. The molecule has 2 N–H and O–H groups in total. The summed E-state index contributed by atoms with van der Waals surface area (Å²) in [5, 5.41) is 20.6. The first-order valence-corrected chi connectivity index (χ1v) is 8.07. The number of halogens is 2. The van der Waals surface area contributed by atoms with Crippen LogP contribution >= 0.6 is 0 Å². The molecule has 0 saturated carbocycles. The number of carbonyl (C=O) groups is 1. The Labute approximate surface area is 144 Å². The molecule has 1 fully saturated rings. The van der Waals surface area contributed by atoms with Gasteiger partial charge in [-0.3, -0.25) is 9.69 Å². The van der Waals surface area contributed by atoms with Gasteiger partial charge in [0.1, 0.15) is 11.5 Å². The summed E-state index contributed by atoms with van der Waals surface area (Å²) >= 11 is 0. The molecule has 6 heteroatoms. The second-order valence-corrected chi connectivity index (χ2v) is 6.41. The van der Waals surface area contributed by atoms with E-state index in [-0.39, 0.29) is 18.5 Å². The number of hydrogen-bond acceptors (Lipinski definition) is 3. The Bertz CT molecular complexity index is 769. The van der Waals surface area contributed by atoms with Crippen molar-refractivity contribution in [2.24, 2.45) is 5.92 Å². The van der Waals surface area contributed by atoms with Gasteiger partial charge in [-0.05, 0) is 29.7 Å². The molecule has 0 radical (unpaired) electrons. The van der Waals surface area contributed by atoms with Gasteiger partial charge >= 0.3 is 5.97 Å². The lowest BCUT2D eigenvalue weighted by Crippen LogP contribution is -2.52. The maximum atomic E-state index is 13.6. The summed E-state index contributed by atoms with van der Waals surface area (Å²) in [5.74, 6) is -4.41.